The summed E-state index contributed by atoms with van der Waals surface area (Å²) in [4.78, 5) is 27.0. The maximum Gasteiger partial charge on any atom is 0.242 e. The molecule has 1 fully saturated rings. The van der Waals surface area contributed by atoms with Crippen LogP contribution in [-0.2, 0) is 9.59 Å². The Balaban J connectivity index is 0.00000264. The molecule has 1 aromatic carbocycles. The van der Waals surface area contributed by atoms with Crippen LogP contribution in [0.25, 0.3) is 0 Å². The van der Waals surface area contributed by atoms with E-state index in [2.05, 4.69) is 10.2 Å². The van der Waals surface area contributed by atoms with Gasteiger partial charge in [0.05, 0.1) is 20.2 Å². The molecule has 0 spiro atoms. The largest absolute Gasteiger partial charge is 0.497 e. The van der Waals surface area contributed by atoms with Gasteiger partial charge in [0, 0.05) is 37.9 Å². The van der Waals surface area contributed by atoms with Crippen LogP contribution in [0, 0.1) is 0 Å². The van der Waals surface area contributed by atoms with E-state index in [0.29, 0.717) is 13.1 Å². The second-order valence-electron chi connectivity index (χ2n) is 5.05. The van der Waals surface area contributed by atoms with Crippen molar-refractivity contribution < 1.29 is 14.3 Å². The van der Waals surface area contributed by atoms with Gasteiger partial charge in [0.1, 0.15) is 5.75 Å². The summed E-state index contributed by atoms with van der Waals surface area (Å²) in [5.41, 5.74) is 6.28. The van der Waals surface area contributed by atoms with Gasteiger partial charge < -0.3 is 25.6 Å². The maximum absolute atomic E-state index is 12.0. The van der Waals surface area contributed by atoms with Crippen molar-refractivity contribution in [3.63, 3.8) is 0 Å². The molecular weight excluding hydrogens is 355 g/mol. The molecule has 2 amide bonds. The number of halogens is 2. The molecule has 0 bridgehead atoms. The third-order valence-electron chi connectivity index (χ3n) is 3.67. The molecule has 1 saturated heterocycles. The number of rotatable bonds is 5. The Kier molecular flexibility index (Phi) is 10.2. The van der Waals surface area contributed by atoms with E-state index in [1.165, 1.54) is 0 Å². The average molecular weight is 379 g/mol. The molecule has 24 heavy (non-hydrogen) atoms. The number of nitrogens with zero attached hydrogens (tertiary/aromatic N) is 2. The Hall–Kier alpha value is -1.70. The number of nitrogens with two attached hydrogens (primary N) is 1. The zero-order valence-electron chi connectivity index (χ0n) is 13.6. The minimum absolute atomic E-state index is 0. The normalized spacial score (nSPS) is 13.4. The van der Waals surface area contributed by atoms with Crippen molar-refractivity contribution in [1.82, 2.24) is 10.2 Å². The molecule has 7 nitrogen and oxygen atoms in total. The molecule has 0 aromatic heterocycles. The van der Waals surface area contributed by atoms with Crippen LogP contribution in [0.4, 0.5) is 5.69 Å². The van der Waals surface area contributed by atoms with Crippen LogP contribution >= 0.6 is 24.8 Å². The Bertz CT molecular complexity index is 537. The number of amides is 2. The number of benzene rings is 1. The maximum atomic E-state index is 12.0. The highest BCUT2D eigenvalue weighted by Crippen LogP contribution is 2.22. The van der Waals surface area contributed by atoms with Crippen molar-refractivity contribution in [2.75, 3.05) is 51.3 Å². The summed E-state index contributed by atoms with van der Waals surface area (Å²) >= 11 is 0. The lowest BCUT2D eigenvalue weighted by atomic mass is 10.2. The monoisotopic (exact) mass is 378 g/mol. The number of anilines is 1. The lowest BCUT2D eigenvalue weighted by Gasteiger charge is -2.36. The van der Waals surface area contributed by atoms with Crippen molar-refractivity contribution in [3.8, 4) is 5.75 Å². The van der Waals surface area contributed by atoms with Crippen molar-refractivity contribution >= 4 is 42.3 Å². The number of hydrogen-bond donors (Lipinski definition) is 2. The molecule has 136 valence electrons. The van der Waals surface area contributed by atoms with E-state index < -0.39 is 0 Å². The van der Waals surface area contributed by atoms with Crippen molar-refractivity contribution in [2.24, 2.45) is 5.73 Å². The molecule has 9 heteroatoms. The molecule has 0 saturated carbocycles. The third-order valence-corrected chi connectivity index (χ3v) is 3.67. The predicted molar refractivity (Wildman–Crippen MR) is 98.3 cm³/mol. The number of ether oxygens (including phenoxy) is 1. The fourth-order valence-electron chi connectivity index (χ4n) is 2.38. The molecule has 1 aliphatic heterocycles. The molecular formula is C15H24Cl2N4O3. The Morgan fingerprint density at radius 2 is 1.88 bits per heavy atom. The van der Waals surface area contributed by atoms with Gasteiger partial charge in [-0.05, 0) is 12.1 Å². The Morgan fingerprint density at radius 3 is 2.46 bits per heavy atom. The first kappa shape index (κ1) is 22.3. The van der Waals surface area contributed by atoms with Gasteiger partial charge in [-0.3, -0.25) is 9.59 Å². The number of methoxy groups -OCH3 is 1. The van der Waals surface area contributed by atoms with Gasteiger partial charge in [0.2, 0.25) is 11.8 Å². The van der Waals surface area contributed by atoms with Crippen LogP contribution in [-0.4, -0.2) is 63.1 Å². The van der Waals surface area contributed by atoms with Crippen molar-refractivity contribution in [1.29, 1.82) is 0 Å². The first-order valence-electron chi connectivity index (χ1n) is 7.27. The quantitative estimate of drug-likeness (QED) is 0.767. The smallest absolute Gasteiger partial charge is 0.242 e. The van der Waals surface area contributed by atoms with Crippen LogP contribution < -0.4 is 20.7 Å². The minimum Gasteiger partial charge on any atom is -0.497 e. The predicted octanol–water partition coefficient (Wildman–Crippen LogP) is 0.262. The van der Waals surface area contributed by atoms with Gasteiger partial charge in [0.25, 0.3) is 0 Å². The van der Waals surface area contributed by atoms with Gasteiger partial charge in [-0.25, -0.2) is 0 Å². The average Bonchev–Trinajstić information content (AvgIpc) is 2.59. The number of hydrogen-bond acceptors (Lipinski definition) is 5. The molecule has 0 radical (unpaired) electrons. The van der Waals surface area contributed by atoms with E-state index in [9.17, 15) is 9.59 Å². The van der Waals surface area contributed by atoms with E-state index in [0.717, 1.165) is 24.5 Å². The van der Waals surface area contributed by atoms with Gasteiger partial charge in [-0.15, -0.1) is 24.8 Å². The Labute approximate surface area is 154 Å². The fourth-order valence-corrected chi connectivity index (χ4v) is 2.38. The highest BCUT2D eigenvalue weighted by Gasteiger charge is 2.21. The van der Waals surface area contributed by atoms with Gasteiger partial charge in [-0.2, -0.15) is 0 Å². The standard InChI is InChI=1S/C15H22N4O3.2ClH/c1-22-13-4-2-3-12(9-13)18-5-7-19(8-6-18)15(21)11-17-14(20)10-16;;/h2-4,9H,5-8,10-11,16H2,1H3,(H,17,20);2*1H. The van der Waals surface area contributed by atoms with Gasteiger partial charge in [0.15, 0.2) is 0 Å². The minimum atomic E-state index is -0.316. The SMILES string of the molecule is COc1cccc(N2CCN(C(=O)CNC(=O)CN)CC2)c1.Cl.Cl. The van der Waals surface area contributed by atoms with Crippen molar-refractivity contribution in [3.05, 3.63) is 24.3 Å². The number of carbonyl (C=O) groups is 2. The summed E-state index contributed by atoms with van der Waals surface area (Å²) < 4.78 is 5.23. The van der Waals surface area contributed by atoms with Gasteiger partial charge in [-0.1, -0.05) is 6.07 Å². The van der Waals surface area contributed by atoms with E-state index in [1.54, 1.807) is 12.0 Å². The van der Waals surface area contributed by atoms with E-state index in [4.69, 9.17) is 10.5 Å². The van der Waals surface area contributed by atoms with Crippen LogP contribution in [0.5, 0.6) is 5.75 Å². The first-order valence-corrected chi connectivity index (χ1v) is 7.27. The lowest BCUT2D eigenvalue weighted by molar-refractivity contribution is -0.132. The summed E-state index contributed by atoms with van der Waals surface area (Å²) in [7, 11) is 1.64. The molecule has 1 heterocycles. The molecule has 0 aliphatic carbocycles. The zero-order chi connectivity index (χ0) is 15.9. The topological polar surface area (TPSA) is 87.9 Å². The van der Waals surface area contributed by atoms with Crippen LogP contribution in [0.3, 0.4) is 0 Å². The van der Waals surface area contributed by atoms with E-state index >= 15 is 0 Å². The molecule has 3 N–H and O–H groups in total. The zero-order valence-corrected chi connectivity index (χ0v) is 15.2. The van der Waals surface area contributed by atoms with Gasteiger partial charge >= 0.3 is 0 Å². The summed E-state index contributed by atoms with van der Waals surface area (Å²) in [5.74, 6) is 0.427. The number of piperazine rings is 1. The van der Waals surface area contributed by atoms with E-state index in [-0.39, 0.29) is 49.7 Å². The fraction of sp³-hybridized carbons (Fsp3) is 0.467. The number of nitrogens with one attached hydrogen (secondary N) is 1. The third kappa shape index (κ3) is 6.07. The first-order chi connectivity index (χ1) is 10.6. The highest BCUT2D eigenvalue weighted by atomic mass is 35.5. The summed E-state index contributed by atoms with van der Waals surface area (Å²) in [5, 5.41) is 2.50. The summed E-state index contributed by atoms with van der Waals surface area (Å²) in [6, 6.07) is 7.87. The van der Waals surface area contributed by atoms with Crippen LogP contribution in [0.2, 0.25) is 0 Å². The number of carbonyl (C=O) groups excluding carboxylic acids is 2. The van der Waals surface area contributed by atoms with E-state index in [1.807, 2.05) is 24.3 Å². The second kappa shape index (κ2) is 11.0. The molecule has 2 rings (SSSR count). The highest BCUT2D eigenvalue weighted by molar-refractivity contribution is 5.86. The molecule has 0 unspecified atom stereocenters. The molecule has 0 atom stereocenters. The lowest BCUT2D eigenvalue weighted by Crippen LogP contribution is -2.51. The summed E-state index contributed by atoms with van der Waals surface area (Å²) in [6.07, 6.45) is 0. The Morgan fingerprint density at radius 1 is 1.21 bits per heavy atom. The van der Waals surface area contributed by atoms with Crippen LogP contribution in [0.15, 0.2) is 24.3 Å². The van der Waals surface area contributed by atoms with Crippen LogP contribution in [0.1, 0.15) is 0 Å². The summed E-state index contributed by atoms with van der Waals surface area (Å²) in [6.45, 7) is 2.68. The molecule has 1 aromatic rings. The molecule has 1 aliphatic rings. The second-order valence-corrected chi connectivity index (χ2v) is 5.05. The van der Waals surface area contributed by atoms with Crippen molar-refractivity contribution in [2.45, 2.75) is 0 Å².